The number of aryl methyl sites for hydroxylation is 2. The van der Waals surface area contributed by atoms with Crippen molar-refractivity contribution >= 4 is 5.78 Å². The Hall–Kier alpha value is -1.90. The van der Waals surface area contributed by atoms with Crippen LogP contribution in [0, 0.1) is 19.7 Å². The summed E-state index contributed by atoms with van der Waals surface area (Å²) in [5.74, 6) is 1.06. The molecule has 0 saturated heterocycles. The maximum atomic E-state index is 12.7. The van der Waals surface area contributed by atoms with Crippen LogP contribution in [0.3, 0.4) is 0 Å². The summed E-state index contributed by atoms with van der Waals surface area (Å²) in [5, 5.41) is 0. The number of Topliss-reactive ketones (excluding diaryl/α,β-unsaturated/α-hetero) is 1. The van der Waals surface area contributed by atoms with E-state index >= 15 is 0 Å². The van der Waals surface area contributed by atoms with Gasteiger partial charge in [-0.25, -0.2) is 4.39 Å². The predicted molar refractivity (Wildman–Crippen MR) is 62.6 cm³/mol. The minimum Gasteiger partial charge on any atom is -0.466 e. The Kier molecular flexibility index (Phi) is 3.09. The van der Waals surface area contributed by atoms with Gasteiger partial charge in [0, 0.05) is 6.42 Å². The molecule has 0 saturated carbocycles. The van der Waals surface area contributed by atoms with Gasteiger partial charge in [0.25, 0.3) is 0 Å². The fourth-order valence-electron chi connectivity index (χ4n) is 1.79. The lowest BCUT2D eigenvalue weighted by Crippen LogP contribution is -2.03. The van der Waals surface area contributed by atoms with Crippen LogP contribution in [0.15, 0.2) is 34.7 Å². The van der Waals surface area contributed by atoms with Gasteiger partial charge in [-0.1, -0.05) is 12.1 Å². The predicted octanol–water partition coefficient (Wildman–Crippen LogP) is 3.46. The van der Waals surface area contributed by atoms with Crippen LogP contribution in [0.25, 0.3) is 0 Å². The topological polar surface area (TPSA) is 30.2 Å². The van der Waals surface area contributed by atoms with Gasteiger partial charge < -0.3 is 4.42 Å². The molecule has 2 nitrogen and oxygen atoms in total. The molecule has 1 aromatic carbocycles. The molecule has 1 heterocycles. The number of carbonyl (C=O) groups excluding carboxylic acids is 1. The van der Waals surface area contributed by atoms with Gasteiger partial charge in [-0.3, -0.25) is 4.79 Å². The molecule has 0 unspecified atom stereocenters. The Morgan fingerprint density at radius 3 is 2.41 bits per heavy atom. The van der Waals surface area contributed by atoms with E-state index in [4.69, 9.17) is 4.42 Å². The molecule has 0 atom stereocenters. The van der Waals surface area contributed by atoms with Crippen molar-refractivity contribution in [3.8, 4) is 0 Å². The van der Waals surface area contributed by atoms with Gasteiger partial charge in [-0.15, -0.1) is 0 Å². The summed E-state index contributed by atoms with van der Waals surface area (Å²) in [5.41, 5.74) is 1.40. The van der Waals surface area contributed by atoms with Crippen molar-refractivity contribution in [2.45, 2.75) is 20.3 Å². The van der Waals surface area contributed by atoms with E-state index in [2.05, 4.69) is 0 Å². The van der Waals surface area contributed by atoms with E-state index in [0.29, 0.717) is 11.3 Å². The molecule has 0 aliphatic heterocycles. The van der Waals surface area contributed by atoms with Crippen molar-refractivity contribution in [2.75, 3.05) is 0 Å². The summed E-state index contributed by atoms with van der Waals surface area (Å²) in [4.78, 5) is 12.0. The highest BCUT2D eigenvalue weighted by molar-refractivity contribution is 5.98. The third kappa shape index (κ3) is 2.61. The second kappa shape index (κ2) is 4.53. The molecule has 0 fully saturated rings. The van der Waals surface area contributed by atoms with Crippen molar-refractivity contribution in [3.63, 3.8) is 0 Å². The molecule has 0 spiro atoms. The number of furan rings is 1. The highest BCUT2D eigenvalue weighted by Crippen LogP contribution is 2.16. The normalized spacial score (nSPS) is 10.5. The maximum absolute atomic E-state index is 12.7. The lowest BCUT2D eigenvalue weighted by molar-refractivity contribution is 0.0991. The van der Waals surface area contributed by atoms with Crippen molar-refractivity contribution < 1.29 is 13.6 Å². The third-order valence-electron chi connectivity index (χ3n) is 2.62. The van der Waals surface area contributed by atoms with E-state index < -0.39 is 0 Å². The van der Waals surface area contributed by atoms with Crippen molar-refractivity contribution in [2.24, 2.45) is 0 Å². The monoisotopic (exact) mass is 232 g/mol. The summed E-state index contributed by atoms with van der Waals surface area (Å²) >= 11 is 0. The van der Waals surface area contributed by atoms with E-state index in [-0.39, 0.29) is 18.0 Å². The largest absolute Gasteiger partial charge is 0.466 e. The molecule has 17 heavy (non-hydrogen) atoms. The first-order chi connectivity index (χ1) is 8.06. The zero-order valence-electron chi connectivity index (χ0n) is 9.79. The van der Waals surface area contributed by atoms with Gasteiger partial charge in [0.1, 0.15) is 17.3 Å². The Bertz CT molecular complexity index is 538. The molecule has 0 aliphatic rings. The molecule has 2 rings (SSSR count). The zero-order valence-corrected chi connectivity index (χ0v) is 9.79. The van der Waals surface area contributed by atoms with Crippen LogP contribution >= 0.6 is 0 Å². The zero-order chi connectivity index (χ0) is 12.4. The molecule has 0 bridgehead atoms. The molecule has 0 amide bonds. The Labute approximate surface area is 99.1 Å². The van der Waals surface area contributed by atoms with Gasteiger partial charge in [0.05, 0.1) is 5.56 Å². The van der Waals surface area contributed by atoms with Crippen LogP contribution < -0.4 is 0 Å². The highest BCUT2D eigenvalue weighted by Gasteiger charge is 2.13. The average molecular weight is 232 g/mol. The average Bonchev–Trinajstić information content (AvgIpc) is 2.61. The van der Waals surface area contributed by atoms with Gasteiger partial charge >= 0.3 is 0 Å². The lowest BCUT2D eigenvalue weighted by atomic mass is 10.0. The van der Waals surface area contributed by atoms with Gasteiger partial charge in [-0.05, 0) is 37.6 Å². The Morgan fingerprint density at radius 1 is 1.24 bits per heavy atom. The summed E-state index contributed by atoms with van der Waals surface area (Å²) in [6.45, 7) is 3.58. The minimum atomic E-state index is -0.295. The van der Waals surface area contributed by atoms with Crippen LogP contribution in [0.1, 0.15) is 27.4 Å². The quantitative estimate of drug-likeness (QED) is 0.758. The SMILES string of the molecule is Cc1cc(C(=O)Cc2ccc(F)cc2)c(C)o1. The summed E-state index contributed by atoms with van der Waals surface area (Å²) < 4.78 is 18.0. The number of rotatable bonds is 3. The lowest BCUT2D eigenvalue weighted by Gasteiger charge is -2.00. The van der Waals surface area contributed by atoms with E-state index in [1.54, 1.807) is 25.1 Å². The fraction of sp³-hybridized carbons (Fsp3) is 0.214. The molecule has 1 aromatic heterocycles. The van der Waals surface area contributed by atoms with E-state index in [1.165, 1.54) is 12.1 Å². The number of benzene rings is 1. The highest BCUT2D eigenvalue weighted by atomic mass is 19.1. The molecule has 0 aliphatic carbocycles. The van der Waals surface area contributed by atoms with Crippen LogP contribution in [-0.2, 0) is 6.42 Å². The van der Waals surface area contributed by atoms with Crippen molar-refractivity contribution in [1.29, 1.82) is 0 Å². The summed E-state index contributed by atoms with van der Waals surface area (Å²) in [6, 6.07) is 7.69. The maximum Gasteiger partial charge on any atom is 0.170 e. The smallest absolute Gasteiger partial charge is 0.170 e. The van der Waals surface area contributed by atoms with Gasteiger partial charge in [-0.2, -0.15) is 0 Å². The number of ketones is 1. The number of hydrogen-bond acceptors (Lipinski definition) is 2. The summed E-state index contributed by atoms with van der Waals surface area (Å²) in [6.07, 6.45) is 0.264. The molecule has 88 valence electrons. The Balaban J connectivity index is 2.17. The van der Waals surface area contributed by atoms with Crippen molar-refractivity contribution in [3.05, 3.63) is 58.8 Å². The standard InChI is InChI=1S/C14H13FO2/c1-9-7-13(10(2)17-9)14(16)8-11-3-5-12(15)6-4-11/h3-7H,8H2,1-2H3. The van der Waals surface area contributed by atoms with Crippen LogP contribution in [-0.4, -0.2) is 5.78 Å². The second-order valence-electron chi connectivity index (χ2n) is 4.05. The first kappa shape index (κ1) is 11.6. The third-order valence-corrected chi connectivity index (χ3v) is 2.62. The molecule has 0 N–H and O–H groups in total. The first-order valence-corrected chi connectivity index (χ1v) is 5.41. The Morgan fingerprint density at radius 2 is 1.88 bits per heavy atom. The van der Waals surface area contributed by atoms with E-state index in [0.717, 1.165) is 11.3 Å². The van der Waals surface area contributed by atoms with Gasteiger partial charge in [0.2, 0.25) is 0 Å². The number of halogens is 1. The summed E-state index contributed by atoms with van der Waals surface area (Å²) in [7, 11) is 0. The van der Waals surface area contributed by atoms with Crippen LogP contribution in [0.2, 0.25) is 0 Å². The molecular weight excluding hydrogens is 219 g/mol. The number of carbonyl (C=O) groups is 1. The number of hydrogen-bond donors (Lipinski definition) is 0. The van der Waals surface area contributed by atoms with Gasteiger partial charge in [0.15, 0.2) is 5.78 Å². The molecule has 2 aromatic rings. The molecule has 3 heteroatoms. The van der Waals surface area contributed by atoms with Crippen molar-refractivity contribution in [1.82, 2.24) is 0 Å². The minimum absolute atomic E-state index is 0.00837. The second-order valence-corrected chi connectivity index (χ2v) is 4.05. The first-order valence-electron chi connectivity index (χ1n) is 5.41. The van der Waals surface area contributed by atoms with Crippen LogP contribution in [0.5, 0.6) is 0 Å². The fourth-order valence-corrected chi connectivity index (χ4v) is 1.79. The van der Waals surface area contributed by atoms with E-state index in [1.807, 2.05) is 6.92 Å². The molecular formula is C14H13FO2. The molecule has 0 radical (unpaired) electrons. The van der Waals surface area contributed by atoms with Crippen LogP contribution in [0.4, 0.5) is 4.39 Å². The van der Waals surface area contributed by atoms with E-state index in [9.17, 15) is 9.18 Å².